The number of aryl methyl sites for hydroxylation is 3. The van der Waals surface area contributed by atoms with Gasteiger partial charge in [0.2, 0.25) is 11.8 Å². The molecule has 1 aliphatic rings. The first-order valence-electron chi connectivity index (χ1n) is 10.3. The highest BCUT2D eigenvalue weighted by atomic mass is 32.2. The largest absolute Gasteiger partial charge is 0.326 e. The Morgan fingerprint density at radius 2 is 1.84 bits per heavy atom. The highest BCUT2D eigenvalue weighted by Crippen LogP contribution is 2.31. The summed E-state index contributed by atoms with van der Waals surface area (Å²) in [4.78, 5) is 45.3. The average Bonchev–Trinajstić information content (AvgIpc) is 2.75. The molecule has 2 aromatic carbocycles. The summed E-state index contributed by atoms with van der Waals surface area (Å²) < 4.78 is 0. The zero-order chi connectivity index (χ0) is 22.8. The zero-order valence-corrected chi connectivity index (χ0v) is 18.9. The van der Waals surface area contributed by atoms with E-state index in [-0.39, 0.29) is 23.7 Å². The van der Waals surface area contributed by atoms with E-state index in [1.807, 2.05) is 57.2 Å². The van der Waals surface area contributed by atoms with Gasteiger partial charge in [-0.15, -0.1) is 0 Å². The second kappa shape index (κ2) is 9.00. The van der Waals surface area contributed by atoms with Gasteiger partial charge in [0.25, 0.3) is 5.56 Å². The molecule has 3 aromatic rings. The SMILES string of the molecule is Cc1ccc(CSc2nc3c(c(=O)[nH]2)C(C(=O)Nc2ccc(C)c(C)c2)CC(=O)N3)cc1. The Morgan fingerprint density at radius 1 is 1.09 bits per heavy atom. The van der Waals surface area contributed by atoms with E-state index in [0.717, 1.165) is 16.7 Å². The van der Waals surface area contributed by atoms with Crippen molar-refractivity contribution in [2.45, 2.75) is 44.0 Å². The van der Waals surface area contributed by atoms with Crippen LogP contribution in [0.5, 0.6) is 0 Å². The Bertz CT molecular complexity index is 1250. The van der Waals surface area contributed by atoms with Crippen molar-refractivity contribution in [2.75, 3.05) is 10.6 Å². The first-order valence-corrected chi connectivity index (χ1v) is 11.3. The van der Waals surface area contributed by atoms with Crippen LogP contribution in [-0.2, 0) is 15.3 Å². The first-order chi connectivity index (χ1) is 15.3. The summed E-state index contributed by atoms with van der Waals surface area (Å²) in [7, 11) is 0. The molecule has 0 fully saturated rings. The molecule has 0 aliphatic carbocycles. The molecule has 0 spiro atoms. The van der Waals surface area contributed by atoms with E-state index in [1.165, 1.54) is 17.3 Å². The van der Waals surface area contributed by atoms with E-state index in [1.54, 1.807) is 6.07 Å². The van der Waals surface area contributed by atoms with Gasteiger partial charge in [0.1, 0.15) is 5.82 Å². The fourth-order valence-corrected chi connectivity index (χ4v) is 4.34. The third-order valence-electron chi connectivity index (χ3n) is 5.52. The Labute approximate surface area is 190 Å². The predicted molar refractivity (Wildman–Crippen MR) is 126 cm³/mol. The van der Waals surface area contributed by atoms with Gasteiger partial charge in [-0.3, -0.25) is 14.4 Å². The van der Waals surface area contributed by atoms with Crippen molar-refractivity contribution in [3.63, 3.8) is 0 Å². The van der Waals surface area contributed by atoms with E-state index in [0.29, 0.717) is 16.6 Å². The minimum absolute atomic E-state index is 0.107. The van der Waals surface area contributed by atoms with Gasteiger partial charge in [0.15, 0.2) is 5.16 Å². The van der Waals surface area contributed by atoms with Crippen LogP contribution < -0.4 is 16.2 Å². The lowest BCUT2D eigenvalue weighted by Crippen LogP contribution is -2.36. The Kier molecular flexibility index (Phi) is 6.14. The van der Waals surface area contributed by atoms with E-state index < -0.39 is 17.4 Å². The van der Waals surface area contributed by atoms with Crippen molar-refractivity contribution in [1.82, 2.24) is 9.97 Å². The van der Waals surface area contributed by atoms with Gasteiger partial charge < -0.3 is 15.6 Å². The molecule has 4 rings (SSSR count). The smallest absolute Gasteiger partial charge is 0.257 e. The van der Waals surface area contributed by atoms with Crippen LogP contribution in [0, 0.1) is 20.8 Å². The Hall–Kier alpha value is -3.39. The molecule has 1 aliphatic heterocycles. The minimum Gasteiger partial charge on any atom is -0.326 e. The molecule has 0 saturated heterocycles. The molecule has 2 heterocycles. The maximum absolute atomic E-state index is 13.0. The number of amides is 2. The number of nitrogens with zero attached hydrogens (tertiary/aromatic N) is 1. The number of hydrogen-bond acceptors (Lipinski definition) is 5. The molecule has 8 heteroatoms. The maximum Gasteiger partial charge on any atom is 0.257 e. The highest BCUT2D eigenvalue weighted by molar-refractivity contribution is 7.98. The van der Waals surface area contributed by atoms with Crippen LogP contribution in [0.4, 0.5) is 11.5 Å². The molecule has 2 amide bonds. The monoisotopic (exact) mass is 448 g/mol. The number of thioether (sulfide) groups is 1. The molecular weight excluding hydrogens is 424 g/mol. The molecule has 7 nitrogen and oxygen atoms in total. The number of carbonyl (C=O) groups excluding carboxylic acids is 2. The standard InChI is InChI=1S/C24H24N4O3S/c1-13-4-7-16(8-5-13)12-32-24-27-21-20(23(31)28-24)18(11-19(29)26-21)22(30)25-17-9-6-14(2)15(3)10-17/h4-10,18H,11-12H2,1-3H3,(H,25,30)(H2,26,27,28,29,31). The summed E-state index contributed by atoms with van der Waals surface area (Å²) >= 11 is 1.36. The normalized spacial score (nSPS) is 15.1. The van der Waals surface area contributed by atoms with Crippen LogP contribution in [0.3, 0.4) is 0 Å². The lowest BCUT2D eigenvalue weighted by atomic mass is 9.92. The number of carbonyl (C=O) groups is 2. The van der Waals surface area contributed by atoms with Gasteiger partial charge in [-0.25, -0.2) is 4.98 Å². The molecule has 3 N–H and O–H groups in total. The third-order valence-corrected chi connectivity index (χ3v) is 6.46. The Morgan fingerprint density at radius 3 is 2.56 bits per heavy atom. The van der Waals surface area contributed by atoms with Crippen molar-refractivity contribution in [3.8, 4) is 0 Å². The number of benzene rings is 2. The van der Waals surface area contributed by atoms with Crippen molar-refractivity contribution < 1.29 is 9.59 Å². The number of nitrogens with one attached hydrogen (secondary N) is 3. The number of aromatic nitrogens is 2. The summed E-state index contributed by atoms with van der Waals surface area (Å²) in [5.41, 5.74) is 4.82. The fraction of sp³-hybridized carbons (Fsp3) is 0.250. The van der Waals surface area contributed by atoms with Gasteiger partial charge in [-0.05, 0) is 49.6 Å². The highest BCUT2D eigenvalue weighted by Gasteiger charge is 2.34. The molecule has 1 aromatic heterocycles. The maximum atomic E-state index is 13.0. The Balaban J connectivity index is 1.56. The lowest BCUT2D eigenvalue weighted by Gasteiger charge is -2.23. The van der Waals surface area contributed by atoms with Crippen LogP contribution in [0.15, 0.2) is 52.4 Å². The number of fused-ring (bicyclic) bond motifs is 1. The molecular formula is C24H24N4O3S. The summed E-state index contributed by atoms with van der Waals surface area (Å²) in [6.07, 6.45) is -0.107. The molecule has 32 heavy (non-hydrogen) atoms. The summed E-state index contributed by atoms with van der Waals surface area (Å²) in [5, 5.41) is 5.87. The molecule has 164 valence electrons. The first kappa shape index (κ1) is 21.8. The second-order valence-corrected chi connectivity index (χ2v) is 8.96. The van der Waals surface area contributed by atoms with Gasteiger partial charge in [0.05, 0.1) is 11.5 Å². The van der Waals surface area contributed by atoms with Gasteiger partial charge in [-0.1, -0.05) is 47.7 Å². The van der Waals surface area contributed by atoms with Gasteiger partial charge >= 0.3 is 0 Å². The molecule has 1 atom stereocenters. The van der Waals surface area contributed by atoms with Crippen LogP contribution in [-0.4, -0.2) is 21.8 Å². The minimum atomic E-state index is -0.909. The van der Waals surface area contributed by atoms with Gasteiger partial charge in [0, 0.05) is 17.9 Å². The van der Waals surface area contributed by atoms with Crippen LogP contribution in [0.2, 0.25) is 0 Å². The average molecular weight is 449 g/mol. The molecule has 0 saturated carbocycles. The van der Waals surface area contributed by atoms with E-state index in [4.69, 9.17) is 0 Å². The van der Waals surface area contributed by atoms with Crippen molar-refractivity contribution in [1.29, 1.82) is 0 Å². The molecule has 0 bridgehead atoms. The predicted octanol–water partition coefficient (Wildman–Crippen LogP) is 4.05. The number of hydrogen-bond donors (Lipinski definition) is 3. The zero-order valence-electron chi connectivity index (χ0n) is 18.1. The quantitative estimate of drug-likeness (QED) is 0.403. The second-order valence-electron chi connectivity index (χ2n) is 8.00. The fourth-order valence-electron chi connectivity index (χ4n) is 3.53. The molecule has 0 radical (unpaired) electrons. The van der Waals surface area contributed by atoms with E-state index >= 15 is 0 Å². The van der Waals surface area contributed by atoms with Crippen molar-refractivity contribution in [3.05, 3.63) is 80.6 Å². The number of aromatic amines is 1. The van der Waals surface area contributed by atoms with Crippen LogP contribution in [0.25, 0.3) is 0 Å². The molecule has 1 unspecified atom stereocenters. The lowest BCUT2D eigenvalue weighted by molar-refractivity contribution is -0.123. The van der Waals surface area contributed by atoms with E-state index in [9.17, 15) is 14.4 Å². The van der Waals surface area contributed by atoms with Crippen LogP contribution in [0.1, 0.15) is 40.2 Å². The number of anilines is 2. The van der Waals surface area contributed by atoms with Crippen molar-refractivity contribution in [2.24, 2.45) is 0 Å². The number of rotatable bonds is 5. The summed E-state index contributed by atoms with van der Waals surface area (Å²) in [6.45, 7) is 5.97. The summed E-state index contributed by atoms with van der Waals surface area (Å²) in [5.74, 6) is -0.890. The van der Waals surface area contributed by atoms with Crippen molar-refractivity contribution >= 4 is 35.1 Å². The van der Waals surface area contributed by atoms with E-state index in [2.05, 4.69) is 20.6 Å². The topological polar surface area (TPSA) is 104 Å². The third kappa shape index (κ3) is 4.75. The van der Waals surface area contributed by atoms with Gasteiger partial charge in [-0.2, -0.15) is 0 Å². The number of H-pyrrole nitrogens is 1. The summed E-state index contributed by atoms with van der Waals surface area (Å²) in [6, 6.07) is 13.7. The van der Waals surface area contributed by atoms with Crippen LogP contribution >= 0.6 is 11.8 Å².